The van der Waals surface area contributed by atoms with Gasteiger partial charge in [0.2, 0.25) is 0 Å². The number of carbonyl (C=O) groups is 1. The number of aromatic hydroxyl groups is 1. The van der Waals surface area contributed by atoms with Crippen molar-refractivity contribution in [2.24, 2.45) is 0 Å². The molecule has 22 heavy (non-hydrogen) atoms. The van der Waals surface area contributed by atoms with Crippen LogP contribution in [0.3, 0.4) is 0 Å². The van der Waals surface area contributed by atoms with Crippen molar-refractivity contribution in [3.05, 3.63) is 60.2 Å². The summed E-state index contributed by atoms with van der Waals surface area (Å²) >= 11 is 0. The molecule has 1 amide bonds. The third-order valence-corrected chi connectivity index (χ3v) is 3.04. The molecule has 110 valence electrons. The number of phenols is 1. The predicted molar refractivity (Wildman–Crippen MR) is 78.9 cm³/mol. The molecule has 2 aromatic heterocycles. The van der Waals surface area contributed by atoms with Crippen LogP contribution in [-0.4, -0.2) is 31.2 Å². The maximum atomic E-state index is 12.0. The highest BCUT2D eigenvalue weighted by atomic mass is 16.3. The minimum atomic E-state index is -0.375. The number of benzene rings is 1. The Kier molecular flexibility index (Phi) is 3.78. The van der Waals surface area contributed by atoms with Crippen molar-refractivity contribution < 1.29 is 9.90 Å². The minimum absolute atomic E-state index is 0.0601. The van der Waals surface area contributed by atoms with E-state index >= 15 is 0 Å². The first-order chi connectivity index (χ1) is 10.7. The van der Waals surface area contributed by atoms with Crippen LogP contribution in [0.15, 0.2) is 48.8 Å². The molecule has 0 atom stereocenters. The topological polar surface area (TPSA) is 104 Å². The molecule has 0 saturated carbocycles. The van der Waals surface area contributed by atoms with E-state index in [1.165, 1.54) is 6.07 Å². The van der Waals surface area contributed by atoms with Crippen LogP contribution in [0.2, 0.25) is 0 Å². The van der Waals surface area contributed by atoms with Gasteiger partial charge >= 0.3 is 0 Å². The second kappa shape index (κ2) is 6.04. The summed E-state index contributed by atoms with van der Waals surface area (Å²) in [7, 11) is 0. The Labute approximate surface area is 126 Å². The Morgan fingerprint density at radius 1 is 1.18 bits per heavy atom. The van der Waals surface area contributed by atoms with Gasteiger partial charge in [0.25, 0.3) is 5.91 Å². The molecule has 0 radical (unpaired) electrons. The molecule has 2 heterocycles. The van der Waals surface area contributed by atoms with Crippen LogP contribution in [0.25, 0.3) is 11.4 Å². The van der Waals surface area contributed by atoms with Crippen LogP contribution in [0.1, 0.15) is 16.2 Å². The van der Waals surface area contributed by atoms with E-state index in [9.17, 15) is 9.90 Å². The predicted octanol–water partition coefficient (Wildman–Crippen LogP) is 1.50. The Balaban J connectivity index is 1.67. The van der Waals surface area contributed by atoms with Crippen molar-refractivity contribution in [1.82, 2.24) is 25.5 Å². The number of para-hydroxylation sites is 1. The maximum Gasteiger partial charge on any atom is 0.255 e. The second-order valence-electron chi connectivity index (χ2n) is 4.54. The summed E-state index contributed by atoms with van der Waals surface area (Å²) in [6, 6.07) is 9.95. The Morgan fingerprint density at radius 2 is 1.95 bits per heavy atom. The zero-order valence-corrected chi connectivity index (χ0v) is 11.5. The average molecular weight is 295 g/mol. The van der Waals surface area contributed by atoms with Gasteiger partial charge in [0.15, 0.2) is 5.82 Å². The molecular weight excluding hydrogens is 282 g/mol. The van der Waals surface area contributed by atoms with Crippen LogP contribution in [0.5, 0.6) is 5.75 Å². The maximum absolute atomic E-state index is 12.0. The Morgan fingerprint density at radius 3 is 2.73 bits per heavy atom. The molecule has 3 rings (SSSR count). The number of aromatic nitrogens is 4. The molecule has 3 aromatic rings. The number of hydrogen-bond acceptors (Lipinski definition) is 5. The number of hydrogen-bond donors (Lipinski definition) is 3. The molecule has 0 aliphatic rings. The lowest BCUT2D eigenvalue weighted by molar-refractivity contribution is 0.0947. The molecule has 0 saturated heterocycles. The molecule has 0 aliphatic heterocycles. The molecule has 0 fully saturated rings. The van der Waals surface area contributed by atoms with Crippen LogP contribution in [0.4, 0.5) is 0 Å². The first kappa shape index (κ1) is 13.7. The molecular formula is C15H13N5O2. The number of amides is 1. The highest BCUT2D eigenvalue weighted by Crippen LogP contribution is 2.15. The van der Waals surface area contributed by atoms with E-state index in [-0.39, 0.29) is 23.8 Å². The van der Waals surface area contributed by atoms with Gasteiger partial charge in [-0.25, -0.2) is 4.98 Å². The van der Waals surface area contributed by atoms with E-state index in [1.807, 2.05) is 0 Å². The number of nitrogens with one attached hydrogen (secondary N) is 2. The van der Waals surface area contributed by atoms with Crippen LogP contribution >= 0.6 is 0 Å². The number of phenolic OH excluding ortho intramolecular Hbond substituents is 1. The average Bonchev–Trinajstić information content (AvgIpc) is 3.03. The lowest BCUT2D eigenvalue weighted by atomic mass is 10.2. The fourth-order valence-electron chi connectivity index (χ4n) is 1.93. The van der Waals surface area contributed by atoms with Gasteiger partial charge in [-0.05, 0) is 24.3 Å². The van der Waals surface area contributed by atoms with Crippen molar-refractivity contribution in [3.8, 4) is 17.1 Å². The fraction of sp³-hybridized carbons (Fsp3) is 0.0667. The lowest BCUT2D eigenvalue weighted by Crippen LogP contribution is -2.23. The number of H-pyrrole nitrogens is 1. The molecule has 0 unspecified atom stereocenters. The quantitative estimate of drug-likeness (QED) is 0.676. The van der Waals surface area contributed by atoms with Gasteiger partial charge in [-0.15, -0.1) is 0 Å². The van der Waals surface area contributed by atoms with Gasteiger partial charge in [-0.2, -0.15) is 5.10 Å². The summed E-state index contributed by atoms with van der Waals surface area (Å²) in [5.41, 5.74) is 1.06. The summed E-state index contributed by atoms with van der Waals surface area (Å²) in [4.78, 5) is 20.2. The van der Waals surface area contributed by atoms with Crippen LogP contribution in [-0.2, 0) is 6.54 Å². The Bertz CT molecular complexity index is 785. The van der Waals surface area contributed by atoms with E-state index in [0.29, 0.717) is 11.6 Å². The molecule has 3 N–H and O–H groups in total. The molecule has 7 nitrogen and oxygen atoms in total. The van der Waals surface area contributed by atoms with E-state index in [4.69, 9.17) is 0 Å². The van der Waals surface area contributed by atoms with Crippen molar-refractivity contribution in [3.63, 3.8) is 0 Å². The minimum Gasteiger partial charge on any atom is -0.507 e. The third-order valence-electron chi connectivity index (χ3n) is 3.04. The van der Waals surface area contributed by atoms with Gasteiger partial charge in [0.1, 0.15) is 11.6 Å². The van der Waals surface area contributed by atoms with Crippen molar-refractivity contribution >= 4 is 5.91 Å². The zero-order chi connectivity index (χ0) is 15.4. The lowest BCUT2D eigenvalue weighted by Gasteiger charge is -2.04. The third kappa shape index (κ3) is 2.93. The van der Waals surface area contributed by atoms with Gasteiger partial charge in [-0.1, -0.05) is 12.1 Å². The highest BCUT2D eigenvalue weighted by molar-refractivity contribution is 5.96. The van der Waals surface area contributed by atoms with Gasteiger partial charge in [0.05, 0.1) is 12.1 Å². The normalized spacial score (nSPS) is 10.4. The second-order valence-corrected chi connectivity index (χ2v) is 4.54. The van der Waals surface area contributed by atoms with Crippen molar-refractivity contribution in [1.29, 1.82) is 0 Å². The largest absolute Gasteiger partial charge is 0.507 e. The SMILES string of the molecule is O=C(NCc1nc(-c2ccncc2)n[nH]1)c1ccccc1O. The van der Waals surface area contributed by atoms with Crippen molar-refractivity contribution in [2.45, 2.75) is 6.54 Å². The first-order valence-corrected chi connectivity index (χ1v) is 6.62. The molecule has 0 aliphatic carbocycles. The Hall–Kier alpha value is -3.22. The van der Waals surface area contributed by atoms with Gasteiger partial charge in [0, 0.05) is 18.0 Å². The molecule has 7 heteroatoms. The number of pyridine rings is 1. The molecule has 0 bridgehead atoms. The van der Waals surface area contributed by atoms with E-state index in [2.05, 4.69) is 25.5 Å². The fourth-order valence-corrected chi connectivity index (χ4v) is 1.93. The summed E-state index contributed by atoms with van der Waals surface area (Å²) < 4.78 is 0. The van der Waals surface area contributed by atoms with Gasteiger partial charge < -0.3 is 10.4 Å². The number of rotatable bonds is 4. The number of aromatic amines is 1. The van der Waals surface area contributed by atoms with Crippen LogP contribution in [0, 0.1) is 0 Å². The molecule has 0 spiro atoms. The van der Waals surface area contributed by atoms with Gasteiger partial charge in [-0.3, -0.25) is 14.9 Å². The van der Waals surface area contributed by atoms with Crippen LogP contribution < -0.4 is 5.32 Å². The van der Waals surface area contributed by atoms with E-state index in [1.54, 1.807) is 42.7 Å². The summed E-state index contributed by atoms with van der Waals surface area (Å²) in [6.07, 6.45) is 3.32. The van der Waals surface area contributed by atoms with Crippen molar-refractivity contribution in [2.75, 3.05) is 0 Å². The zero-order valence-electron chi connectivity index (χ0n) is 11.5. The number of nitrogens with zero attached hydrogens (tertiary/aromatic N) is 3. The first-order valence-electron chi connectivity index (χ1n) is 6.62. The summed E-state index contributed by atoms with van der Waals surface area (Å²) in [6.45, 7) is 0.186. The standard InChI is InChI=1S/C15H13N5O2/c21-12-4-2-1-3-11(12)15(22)17-9-13-18-14(20-19-13)10-5-7-16-8-6-10/h1-8,21H,9H2,(H,17,22)(H,18,19,20). The van der Waals surface area contributed by atoms with E-state index in [0.717, 1.165) is 5.56 Å². The highest BCUT2D eigenvalue weighted by Gasteiger charge is 2.11. The van der Waals surface area contributed by atoms with E-state index < -0.39 is 0 Å². The smallest absolute Gasteiger partial charge is 0.255 e. The summed E-state index contributed by atoms with van der Waals surface area (Å²) in [5.74, 6) is 0.625. The molecule has 1 aromatic carbocycles. The summed E-state index contributed by atoms with van der Waals surface area (Å²) in [5, 5.41) is 19.2. The monoisotopic (exact) mass is 295 g/mol. The number of carbonyl (C=O) groups excluding carboxylic acids is 1.